The SMILES string of the molecule is CN(Cc1ccc2c(c1)OCO2)C(=O)C12C[C@H]3C[C@@H](C1)CC(c1ccccc1)(C3)C2. The molecular formula is C26H29NO3. The summed E-state index contributed by atoms with van der Waals surface area (Å²) in [5, 5.41) is 0. The van der Waals surface area contributed by atoms with Crippen LogP contribution in [0.3, 0.4) is 0 Å². The third-order valence-electron chi connectivity index (χ3n) is 8.10. The van der Waals surface area contributed by atoms with Crippen LogP contribution in [0.4, 0.5) is 0 Å². The minimum atomic E-state index is -0.189. The number of rotatable bonds is 4. The Balaban J connectivity index is 1.27. The maximum atomic E-state index is 13.9. The molecule has 1 aliphatic heterocycles. The van der Waals surface area contributed by atoms with E-state index in [4.69, 9.17) is 9.47 Å². The molecular weight excluding hydrogens is 374 g/mol. The van der Waals surface area contributed by atoms with Crippen molar-refractivity contribution in [2.24, 2.45) is 17.3 Å². The van der Waals surface area contributed by atoms with Crippen molar-refractivity contribution in [3.63, 3.8) is 0 Å². The second-order valence-corrected chi connectivity index (χ2v) is 10.2. The molecule has 4 heteroatoms. The molecule has 4 atom stereocenters. The van der Waals surface area contributed by atoms with Gasteiger partial charge in [0.1, 0.15) is 0 Å². The van der Waals surface area contributed by atoms with Crippen molar-refractivity contribution in [1.82, 2.24) is 4.90 Å². The Hall–Kier alpha value is -2.49. The molecule has 0 saturated heterocycles. The van der Waals surface area contributed by atoms with Gasteiger partial charge in [-0.2, -0.15) is 0 Å². The highest BCUT2D eigenvalue weighted by Crippen LogP contribution is 2.66. The fraction of sp³-hybridized carbons (Fsp3) is 0.500. The largest absolute Gasteiger partial charge is 0.454 e. The Morgan fingerprint density at radius 1 is 1.00 bits per heavy atom. The fourth-order valence-corrected chi connectivity index (χ4v) is 7.43. The van der Waals surface area contributed by atoms with Crippen molar-refractivity contribution in [3.8, 4) is 11.5 Å². The van der Waals surface area contributed by atoms with Gasteiger partial charge in [0.15, 0.2) is 11.5 Å². The summed E-state index contributed by atoms with van der Waals surface area (Å²) in [5.74, 6) is 3.29. The van der Waals surface area contributed by atoms with Gasteiger partial charge in [0.05, 0.1) is 5.41 Å². The van der Waals surface area contributed by atoms with E-state index >= 15 is 0 Å². The highest BCUT2D eigenvalue weighted by atomic mass is 16.7. The van der Waals surface area contributed by atoms with Crippen molar-refractivity contribution in [2.45, 2.75) is 50.5 Å². The Bertz CT molecular complexity index is 971. The molecule has 0 aromatic heterocycles. The van der Waals surface area contributed by atoms with Gasteiger partial charge in [-0.25, -0.2) is 0 Å². The topological polar surface area (TPSA) is 38.8 Å². The standard InChI is InChI=1S/C26H29NO3/c1-27(15-18-7-8-22-23(10-18)30-17-29-22)24(28)26-13-19-9-20(14-26)12-25(11-19,16-26)21-5-3-2-4-6-21/h2-8,10,19-20H,9,11-17H2,1H3/t19-,20+,25?,26?. The van der Waals surface area contributed by atoms with Crippen LogP contribution in [0.15, 0.2) is 48.5 Å². The molecule has 0 radical (unpaired) electrons. The first-order valence-corrected chi connectivity index (χ1v) is 11.2. The molecule has 7 rings (SSSR count). The van der Waals surface area contributed by atoms with Crippen LogP contribution in [-0.4, -0.2) is 24.6 Å². The van der Waals surface area contributed by atoms with E-state index in [1.807, 2.05) is 30.1 Å². The van der Waals surface area contributed by atoms with Gasteiger partial charge >= 0.3 is 0 Å². The average Bonchev–Trinajstić information content (AvgIpc) is 3.21. The van der Waals surface area contributed by atoms with Crippen molar-refractivity contribution < 1.29 is 14.3 Å². The normalized spacial score (nSPS) is 33.0. The van der Waals surface area contributed by atoms with Crippen molar-refractivity contribution in [3.05, 3.63) is 59.7 Å². The fourth-order valence-electron chi connectivity index (χ4n) is 7.43. The number of nitrogens with zero attached hydrogens (tertiary/aromatic N) is 1. The Kier molecular flexibility index (Phi) is 3.96. The van der Waals surface area contributed by atoms with Gasteiger partial charge < -0.3 is 14.4 Å². The van der Waals surface area contributed by atoms with Crippen LogP contribution in [-0.2, 0) is 16.8 Å². The van der Waals surface area contributed by atoms with Crippen LogP contribution in [0.1, 0.15) is 49.7 Å². The number of carbonyl (C=O) groups excluding carboxylic acids is 1. The first kappa shape index (κ1) is 18.3. The van der Waals surface area contributed by atoms with Gasteiger partial charge in [-0.3, -0.25) is 4.79 Å². The lowest BCUT2D eigenvalue weighted by molar-refractivity contribution is -0.159. The molecule has 2 unspecified atom stereocenters. The molecule has 0 spiro atoms. The Morgan fingerprint density at radius 2 is 1.73 bits per heavy atom. The summed E-state index contributed by atoms with van der Waals surface area (Å²) in [6, 6.07) is 17.0. The molecule has 4 bridgehead atoms. The minimum absolute atomic E-state index is 0.189. The second-order valence-electron chi connectivity index (χ2n) is 10.2. The summed E-state index contributed by atoms with van der Waals surface area (Å²) in [6.07, 6.45) is 6.99. The lowest BCUT2D eigenvalue weighted by Gasteiger charge is -2.62. The van der Waals surface area contributed by atoms with Gasteiger partial charge in [-0.15, -0.1) is 0 Å². The zero-order valence-electron chi connectivity index (χ0n) is 17.6. The van der Waals surface area contributed by atoms with Crippen LogP contribution in [0, 0.1) is 17.3 Å². The van der Waals surface area contributed by atoms with Gasteiger partial charge in [0.25, 0.3) is 0 Å². The lowest BCUT2D eigenvalue weighted by atomic mass is 9.42. The molecule has 5 aliphatic rings. The lowest BCUT2D eigenvalue weighted by Crippen LogP contribution is -2.59. The van der Waals surface area contributed by atoms with Crippen LogP contribution in [0.25, 0.3) is 0 Å². The van der Waals surface area contributed by atoms with Crippen molar-refractivity contribution in [2.75, 3.05) is 13.8 Å². The zero-order chi connectivity index (χ0) is 20.3. The summed E-state index contributed by atoms with van der Waals surface area (Å²) < 4.78 is 10.9. The summed E-state index contributed by atoms with van der Waals surface area (Å²) in [5.41, 5.74) is 2.55. The Labute approximate surface area is 178 Å². The number of hydrogen-bond donors (Lipinski definition) is 0. The van der Waals surface area contributed by atoms with Gasteiger partial charge in [0.2, 0.25) is 12.7 Å². The first-order chi connectivity index (χ1) is 14.6. The highest BCUT2D eigenvalue weighted by Gasteiger charge is 2.61. The monoisotopic (exact) mass is 403 g/mol. The maximum absolute atomic E-state index is 13.9. The van der Waals surface area contributed by atoms with E-state index in [9.17, 15) is 4.79 Å². The Morgan fingerprint density at radius 3 is 2.50 bits per heavy atom. The van der Waals surface area contributed by atoms with Gasteiger partial charge in [-0.05, 0) is 79.0 Å². The summed E-state index contributed by atoms with van der Waals surface area (Å²) >= 11 is 0. The smallest absolute Gasteiger partial charge is 0.231 e. The molecule has 1 amide bonds. The molecule has 4 saturated carbocycles. The highest BCUT2D eigenvalue weighted by molar-refractivity contribution is 5.83. The number of ether oxygens (including phenoxy) is 2. The predicted octanol–water partition coefficient (Wildman–Crippen LogP) is 4.91. The summed E-state index contributed by atoms with van der Waals surface area (Å²) in [4.78, 5) is 15.8. The first-order valence-electron chi connectivity index (χ1n) is 11.2. The van der Waals surface area contributed by atoms with E-state index in [0.29, 0.717) is 24.3 Å². The molecule has 2 aromatic carbocycles. The molecule has 2 aromatic rings. The second kappa shape index (κ2) is 6.50. The van der Waals surface area contributed by atoms with E-state index in [-0.39, 0.29) is 17.6 Å². The van der Waals surface area contributed by atoms with Crippen LogP contribution in [0.2, 0.25) is 0 Å². The molecule has 156 valence electrons. The number of hydrogen-bond acceptors (Lipinski definition) is 3. The van der Waals surface area contributed by atoms with Crippen LogP contribution < -0.4 is 9.47 Å². The predicted molar refractivity (Wildman–Crippen MR) is 114 cm³/mol. The summed E-state index contributed by atoms with van der Waals surface area (Å²) in [7, 11) is 1.97. The van der Waals surface area contributed by atoms with Gasteiger partial charge in [0, 0.05) is 13.6 Å². The van der Waals surface area contributed by atoms with Gasteiger partial charge in [-0.1, -0.05) is 36.4 Å². The molecule has 4 aliphatic carbocycles. The number of fused-ring (bicyclic) bond motifs is 1. The van der Waals surface area contributed by atoms with E-state index in [1.54, 1.807) is 0 Å². The summed E-state index contributed by atoms with van der Waals surface area (Å²) in [6.45, 7) is 0.895. The van der Waals surface area contributed by atoms with Crippen LogP contribution >= 0.6 is 0 Å². The number of amides is 1. The van der Waals surface area contributed by atoms with E-state index in [1.165, 1.54) is 24.8 Å². The zero-order valence-corrected chi connectivity index (χ0v) is 17.6. The molecule has 4 nitrogen and oxygen atoms in total. The molecule has 0 N–H and O–H groups in total. The molecule has 1 heterocycles. The van der Waals surface area contributed by atoms with E-state index < -0.39 is 0 Å². The number of benzene rings is 2. The average molecular weight is 404 g/mol. The quantitative estimate of drug-likeness (QED) is 0.728. The third kappa shape index (κ3) is 2.76. The third-order valence-corrected chi connectivity index (χ3v) is 8.10. The van der Waals surface area contributed by atoms with E-state index in [2.05, 4.69) is 30.3 Å². The van der Waals surface area contributed by atoms with Crippen LogP contribution in [0.5, 0.6) is 11.5 Å². The van der Waals surface area contributed by atoms with Crippen molar-refractivity contribution in [1.29, 1.82) is 0 Å². The van der Waals surface area contributed by atoms with E-state index in [0.717, 1.165) is 36.3 Å². The molecule has 30 heavy (non-hydrogen) atoms. The maximum Gasteiger partial charge on any atom is 0.231 e. The van der Waals surface area contributed by atoms with Crippen molar-refractivity contribution >= 4 is 5.91 Å². The molecule has 4 fully saturated rings. The number of carbonyl (C=O) groups is 1. The minimum Gasteiger partial charge on any atom is -0.454 e.